The Morgan fingerprint density at radius 1 is 1.67 bits per heavy atom. The van der Waals surface area contributed by atoms with E-state index in [1.807, 2.05) is 6.92 Å². The van der Waals surface area contributed by atoms with E-state index in [-0.39, 0.29) is 12.0 Å². The fourth-order valence-corrected chi connectivity index (χ4v) is 0.727. The molecule has 0 aliphatic carbocycles. The molecule has 0 aliphatic heterocycles. The summed E-state index contributed by atoms with van der Waals surface area (Å²) in [5, 5.41) is 11.8. The third-order valence-electron chi connectivity index (χ3n) is 1.66. The first kappa shape index (κ1) is 11.4. The number of hydrogen-bond acceptors (Lipinski definition) is 3. The molecule has 4 nitrogen and oxygen atoms in total. The summed E-state index contributed by atoms with van der Waals surface area (Å²) in [5.74, 6) is -0.168. The van der Waals surface area contributed by atoms with Gasteiger partial charge in [-0.3, -0.25) is 4.79 Å². The fourth-order valence-electron chi connectivity index (χ4n) is 0.727. The monoisotopic (exact) mass is 174 g/mol. The van der Waals surface area contributed by atoms with E-state index >= 15 is 0 Å². The molecule has 0 saturated carbocycles. The lowest BCUT2D eigenvalue weighted by Crippen LogP contribution is -2.39. The largest absolute Gasteiger partial charge is 0.393 e. The molecule has 72 valence electrons. The number of hydrogen-bond donors (Lipinski definition) is 3. The van der Waals surface area contributed by atoms with Gasteiger partial charge in [0.1, 0.15) is 0 Å². The molecule has 0 aromatic heterocycles. The Balaban J connectivity index is 3.37. The van der Waals surface area contributed by atoms with Crippen LogP contribution in [0.3, 0.4) is 0 Å². The van der Waals surface area contributed by atoms with Crippen LogP contribution >= 0.6 is 0 Å². The highest BCUT2D eigenvalue weighted by molar-refractivity contribution is 5.80. The van der Waals surface area contributed by atoms with E-state index in [4.69, 9.17) is 10.8 Å². The van der Waals surface area contributed by atoms with Crippen molar-refractivity contribution in [2.24, 2.45) is 5.73 Å². The van der Waals surface area contributed by atoms with Crippen LogP contribution in [0.4, 0.5) is 0 Å². The Labute approximate surface area is 73.1 Å². The van der Waals surface area contributed by atoms with Crippen LogP contribution in [0.2, 0.25) is 0 Å². The van der Waals surface area contributed by atoms with Gasteiger partial charge in [-0.2, -0.15) is 0 Å². The first-order chi connectivity index (χ1) is 5.57. The molecule has 4 N–H and O–H groups in total. The predicted molar refractivity (Wildman–Crippen MR) is 47.6 cm³/mol. The number of amides is 1. The van der Waals surface area contributed by atoms with Crippen molar-refractivity contribution in [2.75, 3.05) is 6.54 Å². The Morgan fingerprint density at radius 2 is 2.25 bits per heavy atom. The fraction of sp³-hybridized carbons (Fsp3) is 0.875. The van der Waals surface area contributed by atoms with E-state index in [0.29, 0.717) is 19.4 Å². The summed E-state index contributed by atoms with van der Waals surface area (Å²) >= 11 is 0. The molecule has 4 heteroatoms. The number of rotatable bonds is 5. The van der Waals surface area contributed by atoms with Crippen LogP contribution in [-0.2, 0) is 4.79 Å². The van der Waals surface area contributed by atoms with Crippen molar-refractivity contribution in [1.29, 1.82) is 0 Å². The Morgan fingerprint density at radius 3 is 2.67 bits per heavy atom. The first-order valence-electron chi connectivity index (χ1n) is 4.29. The average molecular weight is 174 g/mol. The van der Waals surface area contributed by atoms with Crippen LogP contribution in [0.5, 0.6) is 0 Å². The second-order valence-electron chi connectivity index (χ2n) is 2.93. The highest BCUT2D eigenvalue weighted by Crippen LogP contribution is 1.94. The van der Waals surface area contributed by atoms with Gasteiger partial charge in [-0.15, -0.1) is 0 Å². The van der Waals surface area contributed by atoms with Gasteiger partial charge >= 0.3 is 0 Å². The summed E-state index contributed by atoms with van der Waals surface area (Å²) < 4.78 is 0. The highest BCUT2D eigenvalue weighted by Gasteiger charge is 2.06. The second-order valence-corrected chi connectivity index (χ2v) is 2.93. The molecule has 0 rings (SSSR count). The molecule has 0 fully saturated rings. The van der Waals surface area contributed by atoms with Crippen molar-refractivity contribution in [3.8, 4) is 0 Å². The zero-order valence-electron chi connectivity index (χ0n) is 7.71. The molecule has 0 aromatic carbocycles. The normalized spacial score (nSPS) is 15.3. The number of aliphatic hydroxyl groups excluding tert-OH is 1. The quantitative estimate of drug-likeness (QED) is 0.531. The lowest BCUT2D eigenvalue weighted by Gasteiger charge is -2.10. The van der Waals surface area contributed by atoms with Crippen molar-refractivity contribution in [3.05, 3.63) is 0 Å². The third-order valence-corrected chi connectivity index (χ3v) is 1.66. The maximum atomic E-state index is 10.9. The van der Waals surface area contributed by atoms with Crippen molar-refractivity contribution in [3.63, 3.8) is 0 Å². The number of carbonyl (C=O) groups is 1. The molecule has 0 aromatic rings. The van der Waals surface area contributed by atoms with Crippen LogP contribution in [0.1, 0.15) is 26.7 Å². The number of nitrogens with two attached hydrogens (primary N) is 1. The van der Waals surface area contributed by atoms with Crippen LogP contribution in [0, 0.1) is 0 Å². The Hall–Kier alpha value is -0.610. The van der Waals surface area contributed by atoms with Gasteiger partial charge in [-0.25, -0.2) is 0 Å². The van der Waals surface area contributed by atoms with Gasteiger partial charge in [0.25, 0.3) is 0 Å². The summed E-state index contributed by atoms with van der Waals surface area (Å²) in [6.07, 6.45) is 0.988. The molecule has 0 bridgehead atoms. The molecule has 0 radical (unpaired) electrons. The van der Waals surface area contributed by atoms with E-state index < -0.39 is 6.04 Å². The highest BCUT2D eigenvalue weighted by atomic mass is 16.3. The summed E-state index contributed by atoms with van der Waals surface area (Å²) in [4.78, 5) is 10.9. The molecule has 2 atom stereocenters. The van der Waals surface area contributed by atoms with E-state index in [0.717, 1.165) is 0 Å². The standard InChI is InChI=1S/C8H18N2O2/c1-3-7(11)4-5-10-8(12)6(2)9/h6-7,11H,3-5,9H2,1-2H3,(H,10,12). The van der Waals surface area contributed by atoms with Crippen LogP contribution in [0.15, 0.2) is 0 Å². The molecular formula is C8H18N2O2. The van der Waals surface area contributed by atoms with Crippen molar-refractivity contribution in [2.45, 2.75) is 38.8 Å². The molecule has 0 aliphatic rings. The van der Waals surface area contributed by atoms with Gasteiger partial charge in [-0.05, 0) is 19.8 Å². The lowest BCUT2D eigenvalue weighted by molar-refractivity contribution is -0.122. The minimum absolute atomic E-state index is 0.168. The smallest absolute Gasteiger partial charge is 0.236 e. The van der Waals surface area contributed by atoms with Gasteiger partial charge < -0.3 is 16.2 Å². The van der Waals surface area contributed by atoms with Crippen molar-refractivity contribution in [1.82, 2.24) is 5.32 Å². The third kappa shape index (κ3) is 5.09. The topological polar surface area (TPSA) is 75.3 Å². The van der Waals surface area contributed by atoms with E-state index in [2.05, 4.69) is 5.32 Å². The number of carbonyl (C=O) groups excluding carboxylic acids is 1. The van der Waals surface area contributed by atoms with E-state index in [1.54, 1.807) is 6.92 Å². The SMILES string of the molecule is CCC(O)CCNC(=O)C(C)N. The summed E-state index contributed by atoms with van der Waals surface area (Å²) in [5.41, 5.74) is 5.31. The lowest BCUT2D eigenvalue weighted by atomic mass is 10.2. The van der Waals surface area contributed by atoms with Crippen LogP contribution < -0.4 is 11.1 Å². The summed E-state index contributed by atoms with van der Waals surface area (Å²) in [6.45, 7) is 4.03. The molecule has 12 heavy (non-hydrogen) atoms. The minimum atomic E-state index is -0.469. The van der Waals surface area contributed by atoms with E-state index in [1.165, 1.54) is 0 Å². The van der Waals surface area contributed by atoms with Crippen LogP contribution in [0.25, 0.3) is 0 Å². The van der Waals surface area contributed by atoms with Crippen molar-refractivity contribution < 1.29 is 9.90 Å². The predicted octanol–water partition coefficient (Wildman–Crippen LogP) is -0.389. The Kier molecular flexibility index (Phi) is 5.66. The number of aliphatic hydroxyl groups is 1. The van der Waals surface area contributed by atoms with Crippen molar-refractivity contribution >= 4 is 5.91 Å². The summed E-state index contributed by atoms with van der Waals surface area (Å²) in [6, 6.07) is -0.469. The van der Waals surface area contributed by atoms with Crippen LogP contribution in [-0.4, -0.2) is 29.7 Å². The maximum absolute atomic E-state index is 10.9. The molecular weight excluding hydrogens is 156 g/mol. The van der Waals surface area contributed by atoms with E-state index in [9.17, 15) is 4.79 Å². The minimum Gasteiger partial charge on any atom is -0.393 e. The molecule has 1 amide bonds. The number of nitrogens with one attached hydrogen (secondary N) is 1. The zero-order chi connectivity index (χ0) is 9.56. The van der Waals surface area contributed by atoms with Gasteiger partial charge in [0.15, 0.2) is 0 Å². The summed E-state index contributed by atoms with van der Waals surface area (Å²) in [7, 11) is 0. The molecule has 2 unspecified atom stereocenters. The molecule has 0 heterocycles. The maximum Gasteiger partial charge on any atom is 0.236 e. The zero-order valence-corrected chi connectivity index (χ0v) is 7.71. The molecule has 0 spiro atoms. The van der Waals surface area contributed by atoms with Gasteiger partial charge in [0.05, 0.1) is 12.1 Å². The average Bonchev–Trinajstić information content (AvgIpc) is 2.03. The first-order valence-corrected chi connectivity index (χ1v) is 4.29. The van der Waals surface area contributed by atoms with Gasteiger partial charge in [0, 0.05) is 6.54 Å². The van der Waals surface area contributed by atoms with Gasteiger partial charge in [-0.1, -0.05) is 6.92 Å². The van der Waals surface area contributed by atoms with Gasteiger partial charge in [0.2, 0.25) is 5.91 Å². The Bertz CT molecular complexity index is 137. The molecule has 0 saturated heterocycles. The second kappa shape index (κ2) is 5.97.